The average molecular weight is 376 g/mol. The molecule has 0 N–H and O–H groups in total. The van der Waals surface area contributed by atoms with E-state index >= 15 is 0 Å². The second kappa shape index (κ2) is 7.61. The number of carbonyl (C=O) groups excluding carboxylic acids is 1. The average Bonchev–Trinajstić information content (AvgIpc) is 2.67. The maximum atomic E-state index is 12.7. The monoisotopic (exact) mass is 375 g/mol. The summed E-state index contributed by atoms with van der Waals surface area (Å²) >= 11 is 5.82. The van der Waals surface area contributed by atoms with Crippen molar-refractivity contribution in [3.63, 3.8) is 0 Å². The summed E-state index contributed by atoms with van der Waals surface area (Å²) in [4.78, 5) is 27.1. The minimum absolute atomic E-state index is 0.0603. The molecule has 1 aliphatic rings. The molecule has 0 bridgehead atoms. The molecule has 0 atom stereocenters. The number of nitrogens with zero attached hydrogens (tertiary/aromatic N) is 3. The molecule has 7 nitrogen and oxygen atoms in total. The minimum atomic E-state index is -0.579. The van der Waals surface area contributed by atoms with Gasteiger partial charge in [-0.25, -0.2) is 0 Å². The van der Waals surface area contributed by atoms with Gasteiger partial charge in [0.05, 0.1) is 17.7 Å². The quantitative estimate of drug-likeness (QED) is 0.605. The molecule has 2 aromatic carbocycles. The highest BCUT2D eigenvalue weighted by atomic mass is 35.5. The van der Waals surface area contributed by atoms with Gasteiger partial charge in [0.1, 0.15) is 11.3 Å². The SMILES string of the molecule is COc1ccccc1N1CCN(C(=O)c2ccc(Cl)cc2[N+](=O)[O-])CC1. The van der Waals surface area contributed by atoms with Crippen molar-refractivity contribution < 1.29 is 14.5 Å². The third kappa shape index (κ3) is 3.57. The van der Waals surface area contributed by atoms with Crippen LogP contribution in [0.15, 0.2) is 42.5 Å². The lowest BCUT2D eigenvalue weighted by molar-refractivity contribution is -0.385. The van der Waals surface area contributed by atoms with Crippen LogP contribution in [-0.2, 0) is 0 Å². The van der Waals surface area contributed by atoms with Crippen molar-refractivity contribution in [2.24, 2.45) is 0 Å². The van der Waals surface area contributed by atoms with Crippen LogP contribution in [0.2, 0.25) is 5.02 Å². The molecule has 0 unspecified atom stereocenters. The van der Waals surface area contributed by atoms with E-state index in [2.05, 4.69) is 4.90 Å². The van der Waals surface area contributed by atoms with Crippen molar-refractivity contribution in [2.45, 2.75) is 0 Å². The summed E-state index contributed by atoms with van der Waals surface area (Å²) in [6.07, 6.45) is 0. The number of anilines is 1. The van der Waals surface area contributed by atoms with E-state index in [1.165, 1.54) is 18.2 Å². The van der Waals surface area contributed by atoms with Gasteiger partial charge in [0.15, 0.2) is 0 Å². The predicted molar refractivity (Wildman–Crippen MR) is 99.2 cm³/mol. The van der Waals surface area contributed by atoms with Gasteiger partial charge in [-0.2, -0.15) is 0 Å². The number of benzene rings is 2. The highest BCUT2D eigenvalue weighted by Gasteiger charge is 2.28. The van der Waals surface area contributed by atoms with E-state index < -0.39 is 4.92 Å². The molecule has 0 aliphatic carbocycles. The number of nitro groups is 1. The number of carbonyl (C=O) groups is 1. The summed E-state index contributed by atoms with van der Waals surface area (Å²) in [5, 5.41) is 11.5. The molecule has 2 aromatic rings. The molecule has 1 heterocycles. The standard InChI is InChI=1S/C18H18ClN3O4/c1-26-17-5-3-2-4-15(17)20-8-10-21(11-9-20)18(23)14-7-6-13(19)12-16(14)22(24)25/h2-7,12H,8-11H2,1H3. The highest BCUT2D eigenvalue weighted by molar-refractivity contribution is 6.31. The largest absolute Gasteiger partial charge is 0.495 e. The molecule has 0 spiro atoms. The Hall–Kier alpha value is -2.80. The fourth-order valence-electron chi connectivity index (χ4n) is 3.05. The van der Waals surface area contributed by atoms with E-state index in [0.29, 0.717) is 26.2 Å². The van der Waals surface area contributed by atoms with E-state index in [9.17, 15) is 14.9 Å². The zero-order chi connectivity index (χ0) is 18.7. The summed E-state index contributed by atoms with van der Waals surface area (Å²) in [5.41, 5.74) is 0.763. The zero-order valence-corrected chi connectivity index (χ0v) is 15.0. The van der Waals surface area contributed by atoms with Gasteiger partial charge < -0.3 is 14.5 Å². The molecular formula is C18H18ClN3O4. The van der Waals surface area contributed by atoms with Crippen molar-refractivity contribution in [3.8, 4) is 5.75 Å². The molecule has 1 fully saturated rings. The Balaban J connectivity index is 1.74. The number of rotatable bonds is 4. The van der Waals surface area contributed by atoms with E-state index in [-0.39, 0.29) is 22.2 Å². The first-order valence-electron chi connectivity index (χ1n) is 8.12. The number of para-hydroxylation sites is 2. The highest BCUT2D eigenvalue weighted by Crippen LogP contribution is 2.29. The Morgan fingerprint density at radius 1 is 1.15 bits per heavy atom. The maximum absolute atomic E-state index is 12.7. The van der Waals surface area contributed by atoms with Crippen LogP contribution < -0.4 is 9.64 Å². The summed E-state index contributed by atoms with van der Waals surface area (Å²) in [5.74, 6) is 0.425. The van der Waals surface area contributed by atoms with Gasteiger partial charge in [-0.15, -0.1) is 0 Å². The molecule has 26 heavy (non-hydrogen) atoms. The van der Waals surface area contributed by atoms with Gasteiger partial charge >= 0.3 is 0 Å². The summed E-state index contributed by atoms with van der Waals surface area (Å²) in [6.45, 7) is 2.17. The first-order valence-corrected chi connectivity index (χ1v) is 8.50. The van der Waals surface area contributed by atoms with E-state index in [0.717, 1.165) is 11.4 Å². The van der Waals surface area contributed by atoms with E-state index in [4.69, 9.17) is 16.3 Å². The first kappa shape index (κ1) is 18.0. The third-order valence-corrected chi connectivity index (χ3v) is 4.61. The van der Waals surface area contributed by atoms with Crippen LogP contribution >= 0.6 is 11.6 Å². The Kier molecular flexibility index (Phi) is 5.27. The summed E-state index contributed by atoms with van der Waals surface area (Å²) in [6, 6.07) is 11.8. The summed E-state index contributed by atoms with van der Waals surface area (Å²) in [7, 11) is 1.62. The molecule has 1 saturated heterocycles. The second-order valence-electron chi connectivity index (χ2n) is 5.87. The van der Waals surface area contributed by atoms with Crippen molar-refractivity contribution in [1.82, 2.24) is 4.90 Å². The van der Waals surface area contributed by atoms with E-state index in [1.807, 2.05) is 24.3 Å². The van der Waals surface area contributed by atoms with Crippen molar-refractivity contribution in [2.75, 3.05) is 38.2 Å². The number of amides is 1. The topological polar surface area (TPSA) is 75.9 Å². The molecule has 0 saturated carbocycles. The van der Waals surface area contributed by atoms with Crippen LogP contribution in [0.5, 0.6) is 5.75 Å². The van der Waals surface area contributed by atoms with Gasteiger partial charge in [-0.3, -0.25) is 14.9 Å². The van der Waals surface area contributed by atoms with Crippen molar-refractivity contribution in [1.29, 1.82) is 0 Å². The van der Waals surface area contributed by atoms with Crippen molar-refractivity contribution in [3.05, 3.63) is 63.2 Å². The Labute approximate surface area is 155 Å². The molecule has 0 radical (unpaired) electrons. The third-order valence-electron chi connectivity index (χ3n) is 4.38. The number of piperazine rings is 1. The second-order valence-corrected chi connectivity index (χ2v) is 6.31. The molecule has 1 amide bonds. The molecule has 3 rings (SSSR count). The Bertz CT molecular complexity index is 835. The van der Waals surface area contributed by atoms with Crippen molar-refractivity contribution >= 4 is 28.9 Å². The van der Waals surface area contributed by atoms with Gasteiger partial charge in [-0.1, -0.05) is 23.7 Å². The Morgan fingerprint density at radius 2 is 1.85 bits per heavy atom. The molecule has 0 aromatic heterocycles. The number of hydrogen-bond acceptors (Lipinski definition) is 5. The van der Waals surface area contributed by atoms with Crippen LogP contribution in [0, 0.1) is 10.1 Å². The van der Waals surface area contributed by atoms with Gasteiger partial charge in [-0.05, 0) is 24.3 Å². The number of methoxy groups -OCH3 is 1. The van der Waals surface area contributed by atoms with Crippen LogP contribution in [0.1, 0.15) is 10.4 Å². The molecule has 136 valence electrons. The summed E-state index contributed by atoms with van der Waals surface area (Å²) < 4.78 is 5.39. The molecule has 8 heteroatoms. The number of nitro benzene ring substituents is 1. The zero-order valence-electron chi connectivity index (χ0n) is 14.2. The molecule has 1 aliphatic heterocycles. The normalized spacial score (nSPS) is 14.2. The fraction of sp³-hybridized carbons (Fsp3) is 0.278. The van der Waals surface area contributed by atoms with E-state index in [1.54, 1.807) is 12.0 Å². The van der Waals surface area contributed by atoms with Gasteiger partial charge in [0.2, 0.25) is 0 Å². The number of ether oxygens (including phenoxy) is 1. The van der Waals surface area contributed by atoms with Crippen LogP contribution in [0.4, 0.5) is 11.4 Å². The lowest BCUT2D eigenvalue weighted by Crippen LogP contribution is -2.49. The van der Waals surface area contributed by atoms with Crippen LogP contribution in [0.25, 0.3) is 0 Å². The molecular weight excluding hydrogens is 358 g/mol. The first-order chi connectivity index (χ1) is 12.5. The minimum Gasteiger partial charge on any atom is -0.495 e. The number of hydrogen-bond donors (Lipinski definition) is 0. The predicted octanol–water partition coefficient (Wildman–Crippen LogP) is 3.22. The maximum Gasteiger partial charge on any atom is 0.283 e. The van der Waals surface area contributed by atoms with Crippen LogP contribution in [-0.4, -0.2) is 49.0 Å². The van der Waals surface area contributed by atoms with Crippen LogP contribution in [0.3, 0.4) is 0 Å². The van der Waals surface area contributed by atoms with Gasteiger partial charge in [0.25, 0.3) is 11.6 Å². The smallest absolute Gasteiger partial charge is 0.283 e. The van der Waals surface area contributed by atoms with Gasteiger partial charge in [0, 0.05) is 37.3 Å². The lowest BCUT2D eigenvalue weighted by Gasteiger charge is -2.36. The number of halogens is 1. The lowest BCUT2D eigenvalue weighted by atomic mass is 10.1. The fourth-order valence-corrected chi connectivity index (χ4v) is 3.21. The Morgan fingerprint density at radius 3 is 2.50 bits per heavy atom.